The van der Waals surface area contributed by atoms with Crippen LogP contribution in [0.3, 0.4) is 0 Å². The lowest BCUT2D eigenvalue weighted by molar-refractivity contribution is 0.0188. The Morgan fingerprint density at radius 3 is 2.57 bits per heavy atom. The standard InChI is InChI=1S/C17H29BrN2O/c1-6-20-14(16(18)11(2)19-20)10-12-9-13(17(3,4)5)7-8-15(12)21/h12-13,15,21H,6-10H2,1-5H3. The molecule has 1 aromatic rings. The SMILES string of the molecule is CCn1nc(C)c(Br)c1CC1CC(C(C)(C)C)CCC1O. The molecule has 120 valence electrons. The predicted molar refractivity (Wildman–Crippen MR) is 90.3 cm³/mol. The van der Waals surface area contributed by atoms with Crippen LogP contribution >= 0.6 is 15.9 Å². The highest BCUT2D eigenvalue weighted by atomic mass is 79.9. The molecule has 1 aliphatic carbocycles. The van der Waals surface area contributed by atoms with Gasteiger partial charge in [-0.1, -0.05) is 20.8 Å². The molecule has 0 radical (unpaired) electrons. The lowest BCUT2D eigenvalue weighted by atomic mass is 9.67. The second-order valence-electron chi connectivity index (χ2n) is 7.57. The molecule has 0 amide bonds. The molecule has 4 heteroatoms. The van der Waals surface area contributed by atoms with Crippen LogP contribution in [0.5, 0.6) is 0 Å². The molecule has 1 aromatic heterocycles. The second-order valence-corrected chi connectivity index (χ2v) is 8.36. The van der Waals surface area contributed by atoms with Crippen LogP contribution in [-0.2, 0) is 13.0 Å². The molecule has 1 aliphatic rings. The van der Waals surface area contributed by atoms with Crippen molar-refractivity contribution in [2.45, 2.75) is 73.0 Å². The molecule has 0 saturated heterocycles. The number of aromatic nitrogens is 2. The van der Waals surface area contributed by atoms with Gasteiger partial charge in [-0.3, -0.25) is 4.68 Å². The van der Waals surface area contributed by atoms with Gasteiger partial charge in [-0.05, 0) is 72.7 Å². The number of aliphatic hydroxyl groups excluding tert-OH is 1. The summed E-state index contributed by atoms with van der Waals surface area (Å²) in [6.07, 6.45) is 3.95. The third kappa shape index (κ3) is 3.70. The van der Waals surface area contributed by atoms with Crippen molar-refractivity contribution in [2.75, 3.05) is 0 Å². The average molecular weight is 357 g/mol. The van der Waals surface area contributed by atoms with E-state index in [1.54, 1.807) is 0 Å². The molecule has 0 bridgehead atoms. The highest BCUT2D eigenvalue weighted by Crippen LogP contribution is 2.42. The van der Waals surface area contributed by atoms with Gasteiger partial charge in [0.2, 0.25) is 0 Å². The summed E-state index contributed by atoms with van der Waals surface area (Å²) in [5.41, 5.74) is 2.62. The van der Waals surface area contributed by atoms with Gasteiger partial charge in [-0.25, -0.2) is 0 Å². The Morgan fingerprint density at radius 1 is 1.33 bits per heavy atom. The Morgan fingerprint density at radius 2 is 2.00 bits per heavy atom. The smallest absolute Gasteiger partial charge is 0.0738 e. The van der Waals surface area contributed by atoms with E-state index in [1.807, 2.05) is 6.92 Å². The number of hydrogen-bond donors (Lipinski definition) is 1. The van der Waals surface area contributed by atoms with Crippen molar-refractivity contribution in [3.63, 3.8) is 0 Å². The van der Waals surface area contributed by atoms with Crippen LogP contribution in [-0.4, -0.2) is 21.0 Å². The van der Waals surface area contributed by atoms with Gasteiger partial charge in [0.25, 0.3) is 0 Å². The first kappa shape index (κ1) is 17.0. The number of aryl methyl sites for hydroxylation is 2. The van der Waals surface area contributed by atoms with Gasteiger partial charge in [0.1, 0.15) is 0 Å². The van der Waals surface area contributed by atoms with Gasteiger partial charge in [0, 0.05) is 6.54 Å². The summed E-state index contributed by atoms with van der Waals surface area (Å²) in [5.74, 6) is 1.05. The Hall–Kier alpha value is -0.350. The molecule has 1 fully saturated rings. The average Bonchev–Trinajstić information content (AvgIpc) is 2.67. The predicted octanol–water partition coefficient (Wildman–Crippen LogP) is 4.34. The summed E-state index contributed by atoms with van der Waals surface area (Å²) in [5, 5.41) is 15.0. The monoisotopic (exact) mass is 356 g/mol. The fraction of sp³-hybridized carbons (Fsp3) is 0.824. The van der Waals surface area contributed by atoms with Crippen LogP contribution < -0.4 is 0 Å². The van der Waals surface area contributed by atoms with E-state index >= 15 is 0 Å². The van der Waals surface area contributed by atoms with Crippen molar-refractivity contribution in [3.05, 3.63) is 15.9 Å². The minimum absolute atomic E-state index is 0.170. The van der Waals surface area contributed by atoms with Crippen LogP contribution in [0.4, 0.5) is 0 Å². The zero-order valence-electron chi connectivity index (χ0n) is 14.0. The Labute approximate surface area is 137 Å². The van der Waals surface area contributed by atoms with E-state index in [0.29, 0.717) is 17.3 Å². The van der Waals surface area contributed by atoms with Gasteiger partial charge in [-0.15, -0.1) is 0 Å². The van der Waals surface area contributed by atoms with Gasteiger partial charge in [-0.2, -0.15) is 5.10 Å². The number of aliphatic hydroxyl groups is 1. The van der Waals surface area contributed by atoms with Gasteiger partial charge < -0.3 is 5.11 Å². The van der Waals surface area contributed by atoms with Gasteiger partial charge >= 0.3 is 0 Å². The van der Waals surface area contributed by atoms with Gasteiger partial charge in [0.15, 0.2) is 0 Å². The molecule has 2 rings (SSSR count). The van der Waals surface area contributed by atoms with Crippen molar-refractivity contribution in [1.29, 1.82) is 0 Å². The molecule has 3 nitrogen and oxygen atoms in total. The second kappa shape index (κ2) is 6.41. The number of halogens is 1. The first-order chi connectivity index (χ1) is 9.74. The molecular formula is C17H29BrN2O. The Kier molecular flexibility index (Phi) is 5.19. The topological polar surface area (TPSA) is 38.0 Å². The van der Waals surface area contributed by atoms with E-state index in [2.05, 4.69) is 53.4 Å². The van der Waals surface area contributed by atoms with Gasteiger partial charge in [0.05, 0.1) is 22.0 Å². The number of rotatable bonds is 3. The first-order valence-corrected chi connectivity index (χ1v) is 8.93. The maximum Gasteiger partial charge on any atom is 0.0738 e. The van der Waals surface area contributed by atoms with Crippen LogP contribution in [0.1, 0.15) is 58.3 Å². The Balaban J connectivity index is 2.17. The zero-order valence-corrected chi connectivity index (χ0v) is 15.6. The highest BCUT2D eigenvalue weighted by molar-refractivity contribution is 9.10. The fourth-order valence-corrected chi connectivity index (χ4v) is 4.01. The summed E-state index contributed by atoms with van der Waals surface area (Å²) in [6, 6.07) is 0. The maximum absolute atomic E-state index is 10.4. The number of hydrogen-bond acceptors (Lipinski definition) is 2. The molecule has 0 aromatic carbocycles. The normalized spacial score (nSPS) is 27.1. The van der Waals surface area contributed by atoms with E-state index in [-0.39, 0.29) is 6.10 Å². The van der Waals surface area contributed by atoms with Crippen molar-refractivity contribution in [3.8, 4) is 0 Å². The summed E-state index contributed by atoms with van der Waals surface area (Å²) in [6.45, 7) is 12.0. The fourth-order valence-electron chi connectivity index (χ4n) is 3.57. The first-order valence-electron chi connectivity index (χ1n) is 8.13. The molecule has 21 heavy (non-hydrogen) atoms. The van der Waals surface area contributed by atoms with E-state index in [9.17, 15) is 5.11 Å². The van der Waals surface area contributed by atoms with Crippen molar-refractivity contribution >= 4 is 15.9 Å². The molecule has 3 atom stereocenters. The van der Waals surface area contributed by atoms with E-state index in [1.165, 1.54) is 5.69 Å². The van der Waals surface area contributed by atoms with Crippen molar-refractivity contribution in [1.82, 2.24) is 9.78 Å². The summed E-state index contributed by atoms with van der Waals surface area (Å²) >= 11 is 3.68. The van der Waals surface area contributed by atoms with Crippen LogP contribution in [0.25, 0.3) is 0 Å². The molecule has 1 saturated carbocycles. The van der Waals surface area contributed by atoms with Crippen molar-refractivity contribution < 1.29 is 5.11 Å². The zero-order chi connectivity index (χ0) is 15.8. The minimum Gasteiger partial charge on any atom is -0.393 e. The van der Waals surface area contributed by atoms with Crippen LogP contribution in [0.2, 0.25) is 0 Å². The van der Waals surface area contributed by atoms with Crippen LogP contribution in [0.15, 0.2) is 4.47 Å². The highest BCUT2D eigenvalue weighted by Gasteiger charge is 2.35. The number of nitrogens with zero attached hydrogens (tertiary/aromatic N) is 2. The van der Waals surface area contributed by atoms with Crippen LogP contribution in [0, 0.1) is 24.2 Å². The third-order valence-corrected chi connectivity index (χ3v) is 6.11. The van der Waals surface area contributed by atoms with E-state index < -0.39 is 0 Å². The largest absolute Gasteiger partial charge is 0.393 e. The molecule has 1 heterocycles. The van der Waals surface area contributed by atoms with E-state index in [4.69, 9.17) is 0 Å². The quantitative estimate of drug-likeness (QED) is 0.874. The third-order valence-electron chi connectivity index (χ3n) is 5.08. The van der Waals surface area contributed by atoms with Crippen molar-refractivity contribution in [2.24, 2.45) is 17.3 Å². The lowest BCUT2D eigenvalue weighted by Gasteiger charge is -2.40. The summed E-state index contributed by atoms with van der Waals surface area (Å²) in [7, 11) is 0. The molecule has 0 aliphatic heterocycles. The lowest BCUT2D eigenvalue weighted by Crippen LogP contribution is -2.36. The Bertz CT molecular complexity index is 490. The van der Waals surface area contributed by atoms with E-state index in [0.717, 1.165) is 42.4 Å². The molecule has 0 spiro atoms. The summed E-state index contributed by atoms with van der Waals surface area (Å²) in [4.78, 5) is 0. The maximum atomic E-state index is 10.4. The molecule has 3 unspecified atom stereocenters. The summed E-state index contributed by atoms with van der Waals surface area (Å²) < 4.78 is 3.20. The molecular weight excluding hydrogens is 328 g/mol. The molecule has 1 N–H and O–H groups in total. The minimum atomic E-state index is -0.170.